The number of halogens is 3. The van der Waals surface area contributed by atoms with E-state index in [-0.39, 0.29) is 11.4 Å². The van der Waals surface area contributed by atoms with Crippen molar-refractivity contribution in [2.75, 3.05) is 24.8 Å². The number of methoxy groups -OCH3 is 1. The highest BCUT2D eigenvalue weighted by atomic mass is 35.5. The number of carbonyl (C=O) groups is 1. The molecule has 2 aromatic carbocycles. The van der Waals surface area contributed by atoms with Crippen LogP contribution in [0.2, 0.25) is 5.02 Å². The lowest BCUT2D eigenvalue weighted by Crippen LogP contribution is -2.16. The second-order valence-corrected chi connectivity index (χ2v) is 7.30. The van der Waals surface area contributed by atoms with E-state index in [1.54, 1.807) is 19.2 Å². The van der Waals surface area contributed by atoms with Crippen LogP contribution in [0, 0.1) is 11.6 Å². The molecule has 1 aromatic heterocycles. The molecule has 0 aliphatic carbocycles. The summed E-state index contributed by atoms with van der Waals surface area (Å²) in [6.07, 6.45) is 0. The SMILES string of the molecule is COCCn1c(SCC(=O)Nc2cc(F)ccc2F)nnc1-c1ccc(Cl)cc1. The number of amides is 1. The summed E-state index contributed by atoms with van der Waals surface area (Å²) in [7, 11) is 1.58. The van der Waals surface area contributed by atoms with Crippen LogP contribution in [0.5, 0.6) is 0 Å². The average molecular weight is 439 g/mol. The molecule has 0 atom stereocenters. The van der Waals surface area contributed by atoms with E-state index >= 15 is 0 Å². The minimum Gasteiger partial charge on any atom is -0.383 e. The van der Waals surface area contributed by atoms with Crippen LogP contribution in [0.4, 0.5) is 14.5 Å². The summed E-state index contributed by atoms with van der Waals surface area (Å²) in [5, 5.41) is 11.8. The molecule has 10 heteroatoms. The molecule has 0 spiro atoms. The van der Waals surface area contributed by atoms with Crippen LogP contribution in [0.25, 0.3) is 11.4 Å². The second kappa shape index (κ2) is 9.82. The smallest absolute Gasteiger partial charge is 0.234 e. The molecule has 152 valence electrons. The quantitative estimate of drug-likeness (QED) is 0.532. The van der Waals surface area contributed by atoms with Crippen molar-refractivity contribution in [2.24, 2.45) is 0 Å². The van der Waals surface area contributed by atoms with Crippen molar-refractivity contribution in [1.82, 2.24) is 14.8 Å². The third-order valence-electron chi connectivity index (χ3n) is 3.87. The van der Waals surface area contributed by atoms with Gasteiger partial charge in [-0.25, -0.2) is 8.78 Å². The topological polar surface area (TPSA) is 69.0 Å². The summed E-state index contributed by atoms with van der Waals surface area (Å²) in [4.78, 5) is 12.2. The predicted molar refractivity (Wildman–Crippen MR) is 108 cm³/mol. The summed E-state index contributed by atoms with van der Waals surface area (Å²) in [5.74, 6) is -1.28. The molecule has 0 saturated carbocycles. The fourth-order valence-electron chi connectivity index (χ4n) is 2.50. The van der Waals surface area contributed by atoms with E-state index in [1.165, 1.54) is 0 Å². The minimum absolute atomic E-state index is 0.0539. The number of benzene rings is 2. The van der Waals surface area contributed by atoms with Gasteiger partial charge in [0.1, 0.15) is 11.6 Å². The average Bonchev–Trinajstić information content (AvgIpc) is 3.11. The number of thioether (sulfide) groups is 1. The van der Waals surface area contributed by atoms with Gasteiger partial charge in [-0.1, -0.05) is 23.4 Å². The minimum atomic E-state index is -0.710. The Morgan fingerprint density at radius 1 is 1.21 bits per heavy atom. The van der Waals surface area contributed by atoms with Gasteiger partial charge in [-0.3, -0.25) is 9.36 Å². The summed E-state index contributed by atoms with van der Waals surface area (Å²) in [6, 6.07) is 10.0. The van der Waals surface area contributed by atoms with Gasteiger partial charge in [-0.15, -0.1) is 10.2 Å². The van der Waals surface area contributed by atoms with Crippen LogP contribution in [0.15, 0.2) is 47.6 Å². The van der Waals surface area contributed by atoms with Crippen molar-refractivity contribution >= 4 is 35.0 Å². The maximum Gasteiger partial charge on any atom is 0.234 e. The van der Waals surface area contributed by atoms with Crippen LogP contribution in [0.1, 0.15) is 0 Å². The Bertz CT molecular complexity index is 998. The van der Waals surface area contributed by atoms with E-state index < -0.39 is 17.5 Å². The largest absolute Gasteiger partial charge is 0.383 e. The molecule has 1 N–H and O–H groups in total. The number of hydrogen-bond donors (Lipinski definition) is 1. The Labute approximate surface area is 175 Å². The molecule has 0 saturated heterocycles. The highest BCUT2D eigenvalue weighted by Gasteiger charge is 2.16. The summed E-state index contributed by atoms with van der Waals surface area (Å²) < 4.78 is 33.9. The fourth-order valence-corrected chi connectivity index (χ4v) is 3.39. The number of ether oxygens (including phenoxy) is 1. The van der Waals surface area contributed by atoms with Crippen molar-refractivity contribution in [3.8, 4) is 11.4 Å². The Kier molecular flexibility index (Phi) is 7.18. The highest BCUT2D eigenvalue weighted by molar-refractivity contribution is 7.99. The zero-order valence-corrected chi connectivity index (χ0v) is 16.9. The maximum absolute atomic E-state index is 13.7. The van der Waals surface area contributed by atoms with E-state index in [4.69, 9.17) is 16.3 Å². The van der Waals surface area contributed by atoms with E-state index in [1.807, 2.05) is 16.7 Å². The lowest BCUT2D eigenvalue weighted by atomic mass is 10.2. The second-order valence-electron chi connectivity index (χ2n) is 5.92. The number of nitrogens with zero attached hydrogens (tertiary/aromatic N) is 3. The van der Waals surface area contributed by atoms with E-state index in [2.05, 4.69) is 15.5 Å². The standard InChI is InChI=1S/C19H17ClF2N4O2S/c1-28-9-8-26-18(12-2-4-13(20)5-3-12)24-25-19(26)29-11-17(27)23-16-10-14(21)6-7-15(16)22/h2-7,10H,8-9,11H2,1H3,(H,23,27). The molecule has 1 heterocycles. The van der Waals surface area contributed by atoms with Gasteiger partial charge in [-0.2, -0.15) is 0 Å². The lowest BCUT2D eigenvalue weighted by Gasteiger charge is -2.10. The van der Waals surface area contributed by atoms with E-state index in [0.717, 1.165) is 35.5 Å². The van der Waals surface area contributed by atoms with Gasteiger partial charge in [-0.05, 0) is 36.4 Å². The van der Waals surface area contributed by atoms with Gasteiger partial charge < -0.3 is 10.1 Å². The van der Waals surface area contributed by atoms with Crippen LogP contribution >= 0.6 is 23.4 Å². The number of anilines is 1. The van der Waals surface area contributed by atoms with Gasteiger partial charge in [0.05, 0.1) is 24.6 Å². The molecule has 3 rings (SSSR count). The normalized spacial score (nSPS) is 10.9. The molecule has 3 aromatic rings. The first-order valence-electron chi connectivity index (χ1n) is 8.53. The van der Waals surface area contributed by atoms with Crippen molar-refractivity contribution < 1.29 is 18.3 Å². The zero-order valence-electron chi connectivity index (χ0n) is 15.4. The first kappa shape index (κ1) is 21.2. The Hall–Kier alpha value is -2.49. The molecule has 0 fully saturated rings. The summed E-state index contributed by atoms with van der Waals surface area (Å²) in [5.41, 5.74) is 0.606. The molecule has 29 heavy (non-hydrogen) atoms. The van der Waals surface area contributed by atoms with Gasteiger partial charge in [0.15, 0.2) is 11.0 Å². The number of rotatable bonds is 8. The molecule has 0 unspecified atom stereocenters. The Morgan fingerprint density at radius 2 is 1.97 bits per heavy atom. The van der Waals surface area contributed by atoms with Crippen molar-refractivity contribution in [2.45, 2.75) is 11.7 Å². The Balaban J connectivity index is 1.73. The van der Waals surface area contributed by atoms with Crippen LogP contribution in [0.3, 0.4) is 0 Å². The first-order valence-corrected chi connectivity index (χ1v) is 9.90. The molecule has 0 radical (unpaired) electrons. The number of nitrogens with one attached hydrogen (secondary N) is 1. The zero-order chi connectivity index (χ0) is 20.8. The third-order valence-corrected chi connectivity index (χ3v) is 5.09. The fraction of sp³-hybridized carbons (Fsp3) is 0.211. The van der Waals surface area contributed by atoms with Gasteiger partial charge >= 0.3 is 0 Å². The molecule has 6 nitrogen and oxygen atoms in total. The Morgan fingerprint density at radius 3 is 2.69 bits per heavy atom. The van der Waals surface area contributed by atoms with Gasteiger partial charge in [0.25, 0.3) is 0 Å². The monoisotopic (exact) mass is 438 g/mol. The molecular formula is C19H17ClF2N4O2S. The number of aromatic nitrogens is 3. The lowest BCUT2D eigenvalue weighted by molar-refractivity contribution is -0.113. The third kappa shape index (κ3) is 5.53. The maximum atomic E-state index is 13.7. The summed E-state index contributed by atoms with van der Waals surface area (Å²) >= 11 is 7.07. The first-order chi connectivity index (χ1) is 14.0. The van der Waals surface area contributed by atoms with Crippen LogP contribution in [-0.4, -0.2) is 40.1 Å². The van der Waals surface area contributed by atoms with E-state index in [0.29, 0.717) is 29.2 Å². The molecular weight excluding hydrogens is 422 g/mol. The predicted octanol–water partition coefficient (Wildman–Crippen LogP) is 4.25. The molecule has 0 bridgehead atoms. The van der Waals surface area contributed by atoms with Gasteiger partial charge in [0.2, 0.25) is 5.91 Å². The highest BCUT2D eigenvalue weighted by Crippen LogP contribution is 2.25. The van der Waals surface area contributed by atoms with Crippen molar-refractivity contribution in [1.29, 1.82) is 0 Å². The molecule has 0 aliphatic rings. The van der Waals surface area contributed by atoms with Crippen molar-refractivity contribution in [3.05, 3.63) is 59.1 Å². The van der Waals surface area contributed by atoms with Crippen LogP contribution in [-0.2, 0) is 16.1 Å². The van der Waals surface area contributed by atoms with E-state index in [9.17, 15) is 13.6 Å². The molecule has 1 amide bonds. The van der Waals surface area contributed by atoms with Crippen molar-refractivity contribution in [3.63, 3.8) is 0 Å². The number of carbonyl (C=O) groups excluding carboxylic acids is 1. The van der Waals surface area contributed by atoms with Gasteiger partial charge in [0, 0.05) is 23.8 Å². The summed E-state index contributed by atoms with van der Waals surface area (Å²) in [6.45, 7) is 0.900. The number of hydrogen-bond acceptors (Lipinski definition) is 5. The van der Waals surface area contributed by atoms with Crippen LogP contribution < -0.4 is 5.32 Å². The molecule has 0 aliphatic heterocycles.